The van der Waals surface area contributed by atoms with Gasteiger partial charge in [0.1, 0.15) is 13.2 Å². The third-order valence-electron chi connectivity index (χ3n) is 2.73. The van der Waals surface area contributed by atoms with Crippen molar-refractivity contribution in [2.24, 2.45) is 0 Å². The summed E-state index contributed by atoms with van der Waals surface area (Å²) in [6.07, 6.45) is 1.07. The maximum atomic E-state index is 11.4. The summed E-state index contributed by atoms with van der Waals surface area (Å²) >= 11 is 0. The van der Waals surface area contributed by atoms with E-state index in [-0.39, 0.29) is 25.3 Å². The van der Waals surface area contributed by atoms with Crippen molar-refractivity contribution in [1.82, 2.24) is 4.90 Å². The zero-order chi connectivity index (χ0) is 13.4. The Morgan fingerprint density at radius 3 is 3.11 bits per heavy atom. The molecule has 1 amide bonds. The van der Waals surface area contributed by atoms with Crippen LogP contribution in [0.15, 0.2) is 12.8 Å². The van der Waals surface area contributed by atoms with Crippen molar-refractivity contribution in [2.45, 2.75) is 25.5 Å². The second kappa shape index (κ2) is 7.94. The molecular formula is C12H21NO5. The van der Waals surface area contributed by atoms with E-state index in [1.54, 1.807) is 4.90 Å². The SMILES string of the molecule is C=COCCOCC(O)CN1C(=O)OCC1CC. The number of rotatable bonds is 9. The first-order valence-corrected chi connectivity index (χ1v) is 6.10. The van der Waals surface area contributed by atoms with Crippen LogP contribution in [0.4, 0.5) is 4.79 Å². The van der Waals surface area contributed by atoms with Crippen LogP contribution in [-0.4, -0.2) is 61.2 Å². The summed E-state index contributed by atoms with van der Waals surface area (Å²) in [6, 6.07) is 0.0521. The second-order valence-electron chi connectivity index (χ2n) is 4.06. The molecule has 0 aromatic rings. The average molecular weight is 259 g/mol. The van der Waals surface area contributed by atoms with Gasteiger partial charge in [-0.2, -0.15) is 0 Å². The Hall–Kier alpha value is -1.27. The van der Waals surface area contributed by atoms with E-state index in [9.17, 15) is 9.90 Å². The Morgan fingerprint density at radius 1 is 1.67 bits per heavy atom. The van der Waals surface area contributed by atoms with E-state index >= 15 is 0 Å². The van der Waals surface area contributed by atoms with Crippen molar-refractivity contribution in [3.63, 3.8) is 0 Å². The minimum absolute atomic E-state index is 0.0521. The van der Waals surface area contributed by atoms with Crippen LogP contribution in [0.2, 0.25) is 0 Å². The lowest BCUT2D eigenvalue weighted by Gasteiger charge is -2.23. The molecular weight excluding hydrogens is 238 g/mol. The van der Waals surface area contributed by atoms with E-state index in [0.717, 1.165) is 6.42 Å². The number of hydrogen-bond donors (Lipinski definition) is 1. The van der Waals surface area contributed by atoms with Crippen molar-refractivity contribution in [3.8, 4) is 0 Å². The normalized spacial score (nSPS) is 20.7. The lowest BCUT2D eigenvalue weighted by Crippen LogP contribution is -2.40. The second-order valence-corrected chi connectivity index (χ2v) is 4.06. The monoisotopic (exact) mass is 259 g/mol. The Labute approximate surface area is 107 Å². The van der Waals surface area contributed by atoms with Gasteiger partial charge in [-0.3, -0.25) is 4.90 Å². The Kier molecular flexibility index (Phi) is 6.53. The number of carbonyl (C=O) groups is 1. The van der Waals surface area contributed by atoms with Crippen LogP contribution in [0.5, 0.6) is 0 Å². The number of cyclic esters (lactones) is 1. The van der Waals surface area contributed by atoms with Gasteiger partial charge in [0, 0.05) is 0 Å². The number of amides is 1. The summed E-state index contributed by atoms with van der Waals surface area (Å²) in [4.78, 5) is 13.0. The van der Waals surface area contributed by atoms with Gasteiger partial charge in [0.15, 0.2) is 0 Å². The third kappa shape index (κ3) is 4.54. The number of nitrogens with zero attached hydrogens (tertiary/aromatic N) is 1. The van der Waals surface area contributed by atoms with Gasteiger partial charge in [-0.25, -0.2) is 4.79 Å². The molecule has 6 nitrogen and oxygen atoms in total. The van der Waals surface area contributed by atoms with Crippen LogP contribution in [0, 0.1) is 0 Å². The molecule has 0 spiro atoms. The first kappa shape index (κ1) is 14.8. The molecule has 1 aliphatic heterocycles. The van der Waals surface area contributed by atoms with Gasteiger partial charge in [-0.05, 0) is 6.42 Å². The number of carbonyl (C=O) groups excluding carboxylic acids is 1. The molecule has 1 saturated heterocycles. The van der Waals surface area contributed by atoms with Crippen molar-refractivity contribution in [3.05, 3.63) is 12.8 Å². The molecule has 2 atom stereocenters. The lowest BCUT2D eigenvalue weighted by atomic mass is 10.2. The fourth-order valence-electron chi connectivity index (χ4n) is 1.74. The van der Waals surface area contributed by atoms with Crippen LogP contribution in [-0.2, 0) is 14.2 Å². The highest BCUT2D eigenvalue weighted by atomic mass is 16.6. The Morgan fingerprint density at radius 2 is 2.44 bits per heavy atom. The molecule has 0 aromatic heterocycles. The summed E-state index contributed by atoms with van der Waals surface area (Å²) in [6.45, 7) is 6.97. The van der Waals surface area contributed by atoms with E-state index in [1.807, 2.05) is 6.92 Å². The molecule has 2 unspecified atom stereocenters. The highest BCUT2D eigenvalue weighted by Gasteiger charge is 2.32. The van der Waals surface area contributed by atoms with Gasteiger partial charge < -0.3 is 19.3 Å². The maximum absolute atomic E-state index is 11.4. The van der Waals surface area contributed by atoms with Gasteiger partial charge in [-0.1, -0.05) is 13.5 Å². The maximum Gasteiger partial charge on any atom is 0.410 e. The van der Waals surface area contributed by atoms with Crippen molar-refractivity contribution in [1.29, 1.82) is 0 Å². The molecule has 104 valence electrons. The topological polar surface area (TPSA) is 68.2 Å². The Bertz CT molecular complexity index is 271. The molecule has 0 bridgehead atoms. The van der Waals surface area contributed by atoms with Crippen molar-refractivity contribution in [2.75, 3.05) is 33.0 Å². The fraction of sp³-hybridized carbons (Fsp3) is 0.750. The van der Waals surface area contributed by atoms with Crippen molar-refractivity contribution >= 4 is 6.09 Å². The predicted octanol–water partition coefficient (Wildman–Crippen LogP) is 0.755. The van der Waals surface area contributed by atoms with Crippen LogP contribution in [0.3, 0.4) is 0 Å². The molecule has 0 aromatic carbocycles. The van der Waals surface area contributed by atoms with Gasteiger partial charge in [0.2, 0.25) is 0 Å². The number of ether oxygens (including phenoxy) is 3. The summed E-state index contributed by atoms with van der Waals surface area (Å²) in [5, 5.41) is 9.76. The molecule has 18 heavy (non-hydrogen) atoms. The largest absolute Gasteiger partial charge is 0.499 e. The summed E-state index contributed by atoms with van der Waals surface area (Å²) in [5.74, 6) is 0. The molecule has 0 saturated carbocycles. The summed E-state index contributed by atoms with van der Waals surface area (Å²) < 4.78 is 15.0. The molecule has 0 aliphatic carbocycles. The lowest BCUT2D eigenvalue weighted by molar-refractivity contribution is 0.00634. The van der Waals surface area contributed by atoms with Gasteiger partial charge in [0.05, 0.1) is 38.2 Å². The first-order chi connectivity index (χ1) is 8.69. The molecule has 1 rings (SSSR count). The zero-order valence-electron chi connectivity index (χ0n) is 10.7. The summed E-state index contributed by atoms with van der Waals surface area (Å²) in [5.41, 5.74) is 0. The van der Waals surface area contributed by atoms with E-state index in [1.165, 1.54) is 6.26 Å². The minimum Gasteiger partial charge on any atom is -0.499 e. The molecule has 1 heterocycles. The van der Waals surface area contributed by atoms with Gasteiger partial charge in [0.25, 0.3) is 0 Å². The number of aliphatic hydroxyl groups excluding tert-OH is 1. The number of hydrogen-bond acceptors (Lipinski definition) is 5. The molecule has 1 N–H and O–H groups in total. The molecule has 1 fully saturated rings. The van der Waals surface area contributed by atoms with E-state index < -0.39 is 6.10 Å². The zero-order valence-corrected chi connectivity index (χ0v) is 10.7. The Balaban J connectivity index is 2.20. The van der Waals surface area contributed by atoms with Crippen LogP contribution < -0.4 is 0 Å². The quantitative estimate of drug-likeness (QED) is 0.489. The standard InChI is InChI=1S/C12H21NO5/c1-3-10-8-18-12(15)13(10)7-11(14)9-17-6-5-16-4-2/h4,10-11,14H,2-3,5-9H2,1H3. The smallest absolute Gasteiger partial charge is 0.410 e. The van der Waals surface area contributed by atoms with Crippen LogP contribution in [0.1, 0.15) is 13.3 Å². The summed E-state index contributed by atoms with van der Waals surface area (Å²) in [7, 11) is 0. The minimum atomic E-state index is -0.714. The van der Waals surface area contributed by atoms with Crippen LogP contribution >= 0.6 is 0 Å². The van der Waals surface area contributed by atoms with E-state index in [4.69, 9.17) is 14.2 Å². The molecule has 0 radical (unpaired) electrons. The highest BCUT2D eigenvalue weighted by Crippen LogP contribution is 2.15. The average Bonchev–Trinajstić information content (AvgIpc) is 2.70. The van der Waals surface area contributed by atoms with Gasteiger partial charge >= 0.3 is 6.09 Å². The van der Waals surface area contributed by atoms with Crippen molar-refractivity contribution < 1.29 is 24.1 Å². The number of β-amino-alcohol motifs (C(OH)–C–C–N with tert-alkyl or cyclic N) is 1. The van der Waals surface area contributed by atoms with Gasteiger partial charge in [-0.15, -0.1) is 0 Å². The molecule has 6 heteroatoms. The number of aliphatic hydroxyl groups is 1. The molecule has 1 aliphatic rings. The highest BCUT2D eigenvalue weighted by molar-refractivity contribution is 5.70. The third-order valence-corrected chi connectivity index (χ3v) is 2.73. The predicted molar refractivity (Wildman–Crippen MR) is 65.1 cm³/mol. The van der Waals surface area contributed by atoms with E-state index in [0.29, 0.717) is 19.8 Å². The first-order valence-electron chi connectivity index (χ1n) is 6.10. The van der Waals surface area contributed by atoms with E-state index in [2.05, 4.69) is 6.58 Å². The fourth-order valence-corrected chi connectivity index (χ4v) is 1.74. The van der Waals surface area contributed by atoms with Crippen LogP contribution in [0.25, 0.3) is 0 Å².